The summed E-state index contributed by atoms with van der Waals surface area (Å²) < 4.78 is 5.69. The van der Waals surface area contributed by atoms with Crippen LogP contribution in [0.5, 0.6) is 5.88 Å². The summed E-state index contributed by atoms with van der Waals surface area (Å²) in [5.41, 5.74) is 2.25. The van der Waals surface area contributed by atoms with Gasteiger partial charge in [0.1, 0.15) is 5.69 Å². The molecule has 1 atom stereocenters. The molecule has 1 N–H and O–H groups in total. The number of aryl methyl sites for hydroxylation is 1. The Bertz CT molecular complexity index is 733. The number of aromatic amines is 1. The monoisotopic (exact) mass is 343 g/mol. The number of rotatable bonds is 4. The summed E-state index contributed by atoms with van der Waals surface area (Å²) in [5, 5.41) is 15.1. The summed E-state index contributed by atoms with van der Waals surface area (Å²) in [7, 11) is 0. The molecule has 0 saturated carbocycles. The highest BCUT2D eigenvalue weighted by Gasteiger charge is 2.29. The lowest BCUT2D eigenvalue weighted by Crippen LogP contribution is -2.29. The average molecular weight is 343 g/mol. The largest absolute Gasteiger partial charge is 0.476 e. The zero-order valence-corrected chi connectivity index (χ0v) is 15.2. The van der Waals surface area contributed by atoms with Gasteiger partial charge in [-0.3, -0.25) is 9.89 Å². The molecule has 1 amide bonds. The first-order valence-corrected chi connectivity index (χ1v) is 8.61. The topological polar surface area (TPSA) is 84.0 Å². The van der Waals surface area contributed by atoms with Crippen LogP contribution in [0.4, 0.5) is 0 Å². The van der Waals surface area contributed by atoms with Gasteiger partial charge in [-0.1, -0.05) is 20.8 Å². The molecular formula is C18H25N5O2. The number of amides is 1. The van der Waals surface area contributed by atoms with Gasteiger partial charge in [0.2, 0.25) is 5.88 Å². The lowest BCUT2D eigenvalue weighted by molar-refractivity contribution is 0.0777. The lowest BCUT2D eigenvalue weighted by atomic mass is 9.92. The van der Waals surface area contributed by atoms with E-state index >= 15 is 0 Å². The molecule has 0 aliphatic carbocycles. The van der Waals surface area contributed by atoms with E-state index in [0.717, 1.165) is 24.4 Å². The normalized spacial score (nSPS) is 17.8. The third-order valence-corrected chi connectivity index (χ3v) is 4.42. The quantitative estimate of drug-likeness (QED) is 0.921. The van der Waals surface area contributed by atoms with E-state index < -0.39 is 0 Å². The van der Waals surface area contributed by atoms with Crippen molar-refractivity contribution < 1.29 is 9.53 Å². The Morgan fingerprint density at radius 3 is 2.80 bits per heavy atom. The van der Waals surface area contributed by atoms with Crippen molar-refractivity contribution in [3.63, 3.8) is 0 Å². The van der Waals surface area contributed by atoms with Crippen LogP contribution in [-0.4, -0.2) is 50.9 Å². The van der Waals surface area contributed by atoms with Gasteiger partial charge in [-0.05, 0) is 25.5 Å². The molecular weight excluding hydrogens is 318 g/mol. The molecule has 1 aliphatic rings. The number of hydrogen-bond acceptors (Lipinski definition) is 5. The number of carbonyl (C=O) groups excluding carboxylic acids is 1. The number of carbonyl (C=O) groups is 1. The SMILES string of the molecule is Cc1ccc(OCC2CCN(C(=O)c3cc(C(C)(C)C)[nH]n3)C2)nn1. The molecule has 0 spiro atoms. The Kier molecular flexibility index (Phi) is 4.74. The van der Waals surface area contributed by atoms with Crippen LogP contribution >= 0.6 is 0 Å². The first-order valence-electron chi connectivity index (χ1n) is 8.61. The maximum Gasteiger partial charge on any atom is 0.274 e. The maximum atomic E-state index is 12.6. The van der Waals surface area contributed by atoms with Crippen molar-refractivity contribution >= 4 is 5.91 Å². The van der Waals surface area contributed by atoms with Crippen molar-refractivity contribution in [3.8, 4) is 5.88 Å². The van der Waals surface area contributed by atoms with Crippen LogP contribution in [0, 0.1) is 12.8 Å². The molecule has 7 heteroatoms. The highest BCUT2D eigenvalue weighted by Crippen LogP contribution is 2.23. The number of aromatic nitrogens is 4. The number of nitrogens with one attached hydrogen (secondary N) is 1. The van der Waals surface area contributed by atoms with Gasteiger partial charge >= 0.3 is 0 Å². The maximum absolute atomic E-state index is 12.6. The molecule has 1 aliphatic heterocycles. The van der Waals surface area contributed by atoms with E-state index in [1.54, 1.807) is 0 Å². The lowest BCUT2D eigenvalue weighted by Gasteiger charge is -2.16. The molecule has 134 valence electrons. The van der Waals surface area contributed by atoms with Gasteiger partial charge < -0.3 is 9.64 Å². The predicted molar refractivity (Wildman–Crippen MR) is 93.6 cm³/mol. The van der Waals surface area contributed by atoms with E-state index in [1.165, 1.54) is 0 Å². The minimum Gasteiger partial charge on any atom is -0.476 e. The summed E-state index contributed by atoms with van der Waals surface area (Å²) in [6.45, 7) is 10.1. The number of hydrogen-bond donors (Lipinski definition) is 1. The molecule has 2 aromatic rings. The fraction of sp³-hybridized carbons (Fsp3) is 0.556. The smallest absolute Gasteiger partial charge is 0.274 e. The molecule has 1 fully saturated rings. The van der Waals surface area contributed by atoms with E-state index in [1.807, 2.05) is 30.0 Å². The molecule has 0 aromatic carbocycles. The van der Waals surface area contributed by atoms with Gasteiger partial charge in [0.25, 0.3) is 5.91 Å². The van der Waals surface area contributed by atoms with E-state index in [2.05, 4.69) is 41.2 Å². The van der Waals surface area contributed by atoms with Crippen LogP contribution in [0.2, 0.25) is 0 Å². The number of H-pyrrole nitrogens is 1. The second kappa shape index (κ2) is 6.82. The standard InChI is InChI=1S/C18H25N5O2/c1-12-5-6-16(22-19-12)25-11-13-7-8-23(10-13)17(24)14-9-15(21-20-14)18(2,3)4/h5-6,9,13H,7-8,10-11H2,1-4H3,(H,20,21). The van der Waals surface area contributed by atoms with Crippen LogP contribution in [0.15, 0.2) is 18.2 Å². The number of ether oxygens (including phenoxy) is 1. The van der Waals surface area contributed by atoms with Crippen LogP contribution < -0.4 is 4.74 Å². The molecule has 3 rings (SSSR count). The Labute approximate surface area is 147 Å². The molecule has 2 aromatic heterocycles. The predicted octanol–water partition coefficient (Wildman–Crippen LogP) is 2.35. The van der Waals surface area contributed by atoms with Crippen molar-refractivity contribution in [1.82, 2.24) is 25.3 Å². The number of likely N-dealkylation sites (tertiary alicyclic amines) is 1. The second-order valence-electron chi connectivity index (χ2n) is 7.65. The fourth-order valence-corrected chi connectivity index (χ4v) is 2.80. The van der Waals surface area contributed by atoms with Crippen molar-refractivity contribution in [3.05, 3.63) is 35.3 Å². The third kappa shape index (κ3) is 4.15. The van der Waals surface area contributed by atoms with E-state index in [-0.39, 0.29) is 11.3 Å². The van der Waals surface area contributed by atoms with Crippen LogP contribution in [0.3, 0.4) is 0 Å². The summed E-state index contributed by atoms with van der Waals surface area (Å²) in [6.07, 6.45) is 0.918. The average Bonchev–Trinajstić information content (AvgIpc) is 3.23. The summed E-state index contributed by atoms with van der Waals surface area (Å²) in [5.74, 6) is 0.801. The Balaban J connectivity index is 1.54. The molecule has 0 bridgehead atoms. The number of nitrogens with zero attached hydrogens (tertiary/aromatic N) is 4. The minimum absolute atomic E-state index is 0.0237. The first-order chi connectivity index (χ1) is 11.8. The molecule has 25 heavy (non-hydrogen) atoms. The zero-order valence-electron chi connectivity index (χ0n) is 15.2. The van der Waals surface area contributed by atoms with Crippen molar-refractivity contribution in [2.45, 2.75) is 39.5 Å². The van der Waals surface area contributed by atoms with Gasteiger partial charge in [0.05, 0.1) is 12.3 Å². The third-order valence-electron chi connectivity index (χ3n) is 4.42. The summed E-state index contributed by atoms with van der Waals surface area (Å²) in [6, 6.07) is 5.54. The van der Waals surface area contributed by atoms with Gasteiger partial charge in [0.15, 0.2) is 0 Å². The Hall–Kier alpha value is -2.44. The molecule has 7 nitrogen and oxygen atoms in total. The zero-order chi connectivity index (χ0) is 18.0. The van der Waals surface area contributed by atoms with E-state index in [9.17, 15) is 4.79 Å². The molecule has 3 heterocycles. The van der Waals surface area contributed by atoms with Crippen molar-refractivity contribution in [2.75, 3.05) is 19.7 Å². The van der Waals surface area contributed by atoms with Crippen LogP contribution in [0.25, 0.3) is 0 Å². The highest BCUT2D eigenvalue weighted by molar-refractivity contribution is 5.92. The molecule has 0 radical (unpaired) electrons. The van der Waals surface area contributed by atoms with Crippen molar-refractivity contribution in [1.29, 1.82) is 0 Å². The molecule has 1 saturated heterocycles. The van der Waals surface area contributed by atoms with E-state index in [4.69, 9.17) is 4.74 Å². The van der Waals surface area contributed by atoms with Gasteiger partial charge in [-0.15, -0.1) is 5.10 Å². The van der Waals surface area contributed by atoms with Crippen LogP contribution in [0.1, 0.15) is 49.1 Å². The second-order valence-corrected chi connectivity index (χ2v) is 7.65. The molecule has 1 unspecified atom stereocenters. The van der Waals surface area contributed by atoms with Gasteiger partial charge in [-0.2, -0.15) is 10.2 Å². The Morgan fingerprint density at radius 1 is 1.36 bits per heavy atom. The first kappa shape index (κ1) is 17.4. The van der Waals surface area contributed by atoms with Crippen molar-refractivity contribution in [2.24, 2.45) is 5.92 Å². The minimum atomic E-state index is -0.0536. The summed E-state index contributed by atoms with van der Waals surface area (Å²) in [4.78, 5) is 14.5. The fourth-order valence-electron chi connectivity index (χ4n) is 2.80. The highest BCUT2D eigenvalue weighted by atomic mass is 16.5. The van der Waals surface area contributed by atoms with Crippen LogP contribution in [-0.2, 0) is 5.41 Å². The van der Waals surface area contributed by atoms with Gasteiger partial charge in [-0.25, -0.2) is 0 Å². The van der Waals surface area contributed by atoms with E-state index in [0.29, 0.717) is 30.6 Å². The Morgan fingerprint density at radius 2 is 2.16 bits per heavy atom. The summed E-state index contributed by atoms with van der Waals surface area (Å²) >= 11 is 0. The van der Waals surface area contributed by atoms with Gasteiger partial charge in [0, 0.05) is 36.2 Å².